The zero-order valence-corrected chi connectivity index (χ0v) is 12.2. The summed E-state index contributed by atoms with van der Waals surface area (Å²) in [7, 11) is 0. The van der Waals surface area contributed by atoms with E-state index in [0.717, 1.165) is 30.5 Å². The molecule has 100 valence electrons. The first-order chi connectivity index (χ1) is 8.81. The Morgan fingerprint density at radius 1 is 1.56 bits per heavy atom. The van der Waals surface area contributed by atoms with Gasteiger partial charge in [-0.25, -0.2) is 0 Å². The van der Waals surface area contributed by atoms with Crippen molar-refractivity contribution in [1.29, 1.82) is 0 Å². The lowest BCUT2D eigenvalue weighted by Crippen LogP contribution is -2.27. The molecular weight excluding hydrogens is 266 g/mol. The summed E-state index contributed by atoms with van der Waals surface area (Å²) in [5.74, 6) is 0. The van der Waals surface area contributed by atoms with Crippen LogP contribution in [0.4, 0.5) is 0 Å². The highest BCUT2D eigenvalue weighted by atomic mass is 35.5. The number of fused-ring (bicyclic) bond motifs is 1. The number of hydrogen-bond acceptors (Lipinski definition) is 3. The molecule has 0 bridgehead atoms. The fraction of sp³-hybridized carbons (Fsp3) is 0.571. The van der Waals surface area contributed by atoms with Gasteiger partial charge >= 0.3 is 0 Å². The van der Waals surface area contributed by atoms with Crippen LogP contribution in [0, 0.1) is 0 Å². The summed E-state index contributed by atoms with van der Waals surface area (Å²) in [6, 6.07) is 2.58. The van der Waals surface area contributed by atoms with E-state index in [2.05, 4.69) is 18.0 Å². The third kappa shape index (κ3) is 3.82. The first-order valence-corrected chi connectivity index (χ1v) is 7.71. The number of halogens is 1. The second kappa shape index (κ2) is 7.29. The summed E-state index contributed by atoms with van der Waals surface area (Å²) in [6.07, 6.45) is 6.44. The van der Waals surface area contributed by atoms with Gasteiger partial charge in [0.25, 0.3) is 0 Å². The van der Waals surface area contributed by atoms with Gasteiger partial charge in [0, 0.05) is 17.5 Å². The van der Waals surface area contributed by atoms with Crippen LogP contribution in [0.1, 0.15) is 35.7 Å². The smallest absolute Gasteiger partial charge is 0.0934 e. The van der Waals surface area contributed by atoms with Crippen LogP contribution in [0.25, 0.3) is 0 Å². The van der Waals surface area contributed by atoms with Gasteiger partial charge in [0.1, 0.15) is 0 Å². The van der Waals surface area contributed by atoms with E-state index in [1.165, 1.54) is 29.7 Å². The van der Waals surface area contributed by atoms with Crippen molar-refractivity contribution in [3.63, 3.8) is 0 Å². The standard InChI is InChI=1S/C14H20ClNOS/c1-2-3-8-17-9-7-16-12-5-4-6-13-11(12)10-14(15)18-13/h2,10,12,16H,1,3-9H2. The van der Waals surface area contributed by atoms with Crippen LogP contribution in [0.3, 0.4) is 0 Å². The third-order valence-corrected chi connectivity index (χ3v) is 4.53. The molecule has 1 aliphatic carbocycles. The van der Waals surface area contributed by atoms with Gasteiger partial charge in [0.2, 0.25) is 0 Å². The molecule has 1 N–H and O–H groups in total. The molecular formula is C14H20ClNOS. The van der Waals surface area contributed by atoms with E-state index in [9.17, 15) is 0 Å². The SMILES string of the molecule is C=CCCOCCNC1CCCc2sc(Cl)cc21. The molecule has 0 aromatic carbocycles. The first-order valence-electron chi connectivity index (χ1n) is 6.51. The minimum absolute atomic E-state index is 0.459. The van der Waals surface area contributed by atoms with Crippen LogP contribution in [0.5, 0.6) is 0 Å². The highest BCUT2D eigenvalue weighted by molar-refractivity contribution is 7.16. The third-order valence-electron chi connectivity index (χ3n) is 3.19. The van der Waals surface area contributed by atoms with Crippen molar-refractivity contribution >= 4 is 22.9 Å². The van der Waals surface area contributed by atoms with E-state index in [0.29, 0.717) is 6.04 Å². The maximum Gasteiger partial charge on any atom is 0.0934 e. The highest BCUT2D eigenvalue weighted by Crippen LogP contribution is 2.37. The Kier molecular flexibility index (Phi) is 5.70. The van der Waals surface area contributed by atoms with Crippen LogP contribution in [-0.2, 0) is 11.2 Å². The molecule has 0 fully saturated rings. The van der Waals surface area contributed by atoms with Crippen molar-refractivity contribution in [3.8, 4) is 0 Å². The quantitative estimate of drug-likeness (QED) is 0.605. The van der Waals surface area contributed by atoms with E-state index < -0.39 is 0 Å². The van der Waals surface area contributed by atoms with E-state index in [4.69, 9.17) is 16.3 Å². The summed E-state index contributed by atoms with van der Waals surface area (Å²) >= 11 is 7.82. The topological polar surface area (TPSA) is 21.3 Å². The Morgan fingerprint density at radius 2 is 2.44 bits per heavy atom. The lowest BCUT2D eigenvalue weighted by molar-refractivity contribution is 0.137. The molecule has 1 heterocycles. The largest absolute Gasteiger partial charge is 0.380 e. The van der Waals surface area contributed by atoms with Crippen LogP contribution < -0.4 is 5.32 Å². The number of nitrogens with one attached hydrogen (secondary N) is 1. The van der Waals surface area contributed by atoms with Crippen LogP contribution in [0.2, 0.25) is 4.34 Å². The van der Waals surface area contributed by atoms with Crippen molar-refractivity contribution in [2.24, 2.45) is 0 Å². The second-order valence-electron chi connectivity index (χ2n) is 4.52. The molecule has 18 heavy (non-hydrogen) atoms. The Balaban J connectivity index is 1.75. The summed E-state index contributed by atoms with van der Waals surface area (Å²) in [5.41, 5.74) is 1.40. The van der Waals surface area contributed by atoms with Gasteiger partial charge in [0.05, 0.1) is 17.6 Å². The zero-order chi connectivity index (χ0) is 12.8. The van der Waals surface area contributed by atoms with Gasteiger partial charge in [-0.2, -0.15) is 0 Å². The average Bonchev–Trinajstić information content (AvgIpc) is 2.74. The Labute approximate surface area is 118 Å². The average molecular weight is 286 g/mol. The van der Waals surface area contributed by atoms with Gasteiger partial charge in [-0.1, -0.05) is 17.7 Å². The maximum atomic E-state index is 6.09. The number of rotatable bonds is 7. The summed E-state index contributed by atoms with van der Waals surface area (Å²) in [4.78, 5) is 1.45. The molecule has 1 aromatic rings. The molecule has 0 saturated heterocycles. The first kappa shape index (κ1) is 14.1. The zero-order valence-electron chi connectivity index (χ0n) is 10.6. The van der Waals surface area contributed by atoms with E-state index in [1.54, 1.807) is 11.3 Å². The molecule has 2 nitrogen and oxygen atoms in total. The molecule has 0 aliphatic heterocycles. The maximum absolute atomic E-state index is 6.09. The normalized spacial score (nSPS) is 18.6. The fourth-order valence-corrected chi connectivity index (χ4v) is 3.69. The van der Waals surface area contributed by atoms with Crippen LogP contribution >= 0.6 is 22.9 Å². The molecule has 2 rings (SSSR count). The number of thiophene rings is 1. The molecule has 0 amide bonds. The predicted octanol–water partition coefficient (Wildman–Crippen LogP) is 3.96. The summed E-state index contributed by atoms with van der Waals surface area (Å²) in [6.45, 7) is 6.10. The number of aryl methyl sites for hydroxylation is 1. The number of hydrogen-bond donors (Lipinski definition) is 1. The van der Waals surface area contributed by atoms with Crippen molar-refractivity contribution < 1.29 is 4.74 Å². The highest BCUT2D eigenvalue weighted by Gasteiger charge is 2.21. The minimum Gasteiger partial charge on any atom is -0.380 e. The number of ether oxygens (including phenoxy) is 1. The van der Waals surface area contributed by atoms with Crippen molar-refractivity contribution in [2.45, 2.75) is 31.7 Å². The summed E-state index contributed by atoms with van der Waals surface area (Å²) < 4.78 is 6.41. The molecule has 0 spiro atoms. The van der Waals surface area contributed by atoms with Gasteiger partial charge in [-0.05, 0) is 37.3 Å². The van der Waals surface area contributed by atoms with Crippen molar-refractivity contribution in [2.75, 3.05) is 19.8 Å². The van der Waals surface area contributed by atoms with Gasteiger partial charge < -0.3 is 10.1 Å². The molecule has 0 saturated carbocycles. The van der Waals surface area contributed by atoms with Crippen molar-refractivity contribution in [3.05, 3.63) is 33.5 Å². The second-order valence-corrected chi connectivity index (χ2v) is 6.29. The van der Waals surface area contributed by atoms with Gasteiger partial charge in [-0.15, -0.1) is 17.9 Å². The fourth-order valence-electron chi connectivity index (χ4n) is 2.31. The predicted molar refractivity (Wildman–Crippen MR) is 78.6 cm³/mol. The van der Waals surface area contributed by atoms with Crippen molar-refractivity contribution in [1.82, 2.24) is 5.32 Å². The van der Waals surface area contributed by atoms with E-state index >= 15 is 0 Å². The molecule has 1 aliphatic rings. The van der Waals surface area contributed by atoms with Gasteiger partial charge in [0.15, 0.2) is 0 Å². The Bertz CT molecular complexity index is 391. The lowest BCUT2D eigenvalue weighted by atomic mass is 9.94. The summed E-state index contributed by atoms with van der Waals surface area (Å²) in [5, 5.41) is 3.57. The van der Waals surface area contributed by atoms with Crippen LogP contribution in [-0.4, -0.2) is 19.8 Å². The molecule has 1 aromatic heterocycles. The lowest BCUT2D eigenvalue weighted by Gasteiger charge is -2.23. The van der Waals surface area contributed by atoms with E-state index in [-0.39, 0.29) is 0 Å². The molecule has 0 radical (unpaired) electrons. The van der Waals surface area contributed by atoms with Gasteiger partial charge in [-0.3, -0.25) is 0 Å². The molecule has 4 heteroatoms. The minimum atomic E-state index is 0.459. The Hall–Kier alpha value is -0.350. The monoisotopic (exact) mass is 285 g/mol. The van der Waals surface area contributed by atoms with E-state index in [1.807, 2.05) is 6.08 Å². The molecule has 1 atom stereocenters. The molecule has 1 unspecified atom stereocenters. The Morgan fingerprint density at radius 3 is 3.28 bits per heavy atom. The van der Waals surface area contributed by atoms with Crippen LogP contribution in [0.15, 0.2) is 18.7 Å².